The van der Waals surface area contributed by atoms with Gasteiger partial charge in [0.15, 0.2) is 0 Å². The molecule has 0 atom stereocenters. The molecule has 0 saturated carbocycles. The predicted octanol–water partition coefficient (Wildman–Crippen LogP) is 2.18. The van der Waals surface area contributed by atoms with Crippen LogP contribution < -0.4 is 4.74 Å². The number of ether oxygens (including phenoxy) is 1. The third kappa shape index (κ3) is 2.86. The molecule has 1 heterocycles. The zero-order valence-corrected chi connectivity index (χ0v) is 10.3. The summed E-state index contributed by atoms with van der Waals surface area (Å²) in [5.41, 5.74) is 0.449. The molecular weight excluding hydrogens is 266 g/mol. The molecule has 1 aromatic heterocycles. The fraction of sp³-hybridized carbons (Fsp3) is 0.0833. The molecule has 0 aliphatic carbocycles. The van der Waals surface area contributed by atoms with E-state index < -0.39 is 10.9 Å². The monoisotopic (exact) mass is 275 g/mol. The lowest BCUT2D eigenvalue weighted by Crippen LogP contribution is -2.01. The molecule has 2 aromatic rings. The van der Waals surface area contributed by atoms with Crippen molar-refractivity contribution in [2.24, 2.45) is 0 Å². The number of carboxylic acids is 1. The maximum absolute atomic E-state index is 10.9. The van der Waals surface area contributed by atoms with Crippen LogP contribution in [0.1, 0.15) is 15.9 Å². The Morgan fingerprint density at radius 2 is 2.00 bits per heavy atom. The zero-order chi connectivity index (χ0) is 14.7. The molecular formula is C12H9N3O5. The minimum Gasteiger partial charge on any atom is -0.478 e. The van der Waals surface area contributed by atoms with Crippen LogP contribution in [0, 0.1) is 17.0 Å². The van der Waals surface area contributed by atoms with Crippen LogP contribution >= 0.6 is 0 Å². The lowest BCUT2D eigenvalue weighted by molar-refractivity contribution is -0.385. The summed E-state index contributed by atoms with van der Waals surface area (Å²) in [4.78, 5) is 28.3. The number of aromatic carboxylic acids is 1. The fourth-order valence-electron chi connectivity index (χ4n) is 1.43. The molecule has 0 unspecified atom stereocenters. The van der Waals surface area contributed by atoms with Gasteiger partial charge in [-0.15, -0.1) is 0 Å². The van der Waals surface area contributed by atoms with E-state index in [0.717, 1.165) is 18.0 Å². The minimum atomic E-state index is -1.17. The molecule has 0 amide bonds. The van der Waals surface area contributed by atoms with Gasteiger partial charge in [-0.3, -0.25) is 10.1 Å². The van der Waals surface area contributed by atoms with Crippen molar-refractivity contribution in [1.29, 1.82) is 0 Å². The van der Waals surface area contributed by atoms with Gasteiger partial charge in [0.25, 0.3) is 0 Å². The average Bonchev–Trinajstić information content (AvgIpc) is 2.39. The number of benzene rings is 1. The number of nitrogens with zero attached hydrogens (tertiary/aromatic N) is 3. The first-order valence-corrected chi connectivity index (χ1v) is 5.45. The third-order valence-electron chi connectivity index (χ3n) is 2.39. The van der Waals surface area contributed by atoms with Crippen molar-refractivity contribution in [3.63, 3.8) is 0 Å². The summed E-state index contributed by atoms with van der Waals surface area (Å²) in [5.74, 6) is -1.17. The second-order valence-electron chi connectivity index (χ2n) is 3.89. The minimum absolute atomic E-state index is 0.00178. The predicted molar refractivity (Wildman–Crippen MR) is 66.9 cm³/mol. The van der Waals surface area contributed by atoms with E-state index in [2.05, 4.69) is 9.97 Å². The first-order chi connectivity index (χ1) is 9.47. The Morgan fingerprint density at radius 1 is 1.35 bits per heavy atom. The molecule has 8 heteroatoms. The SMILES string of the molecule is Cc1ccc([N+](=O)[O-])c(Oc2ncc(C(=O)O)cn2)c1. The van der Waals surface area contributed by atoms with Crippen LogP contribution in [-0.4, -0.2) is 26.0 Å². The van der Waals surface area contributed by atoms with Crippen molar-refractivity contribution in [3.05, 3.63) is 51.8 Å². The highest BCUT2D eigenvalue weighted by Crippen LogP contribution is 2.30. The summed E-state index contributed by atoms with van der Waals surface area (Å²) in [6, 6.07) is 4.21. The number of aryl methyl sites for hydroxylation is 1. The molecule has 0 spiro atoms. The quantitative estimate of drug-likeness (QED) is 0.671. The Balaban J connectivity index is 2.31. The Labute approximate surface area is 112 Å². The normalized spacial score (nSPS) is 10.1. The maximum atomic E-state index is 10.9. The smallest absolute Gasteiger partial charge is 0.338 e. The Morgan fingerprint density at radius 3 is 2.55 bits per heavy atom. The molecule has 8 nitrogen and oxygen atoms in total. The van der Waals surface area contributed by atoms with Crippen molar-refractivity contribution in [2.45, 2.75) is 6.92 Å². The van der Waals surface area contributed by atoms with Crippen molar-refractivity contribution >= 4 is 11.7 Å². The Bertz CT molecular complexity index is 669. The lowest BCUT2D eigenvalue weighted by Gasteiger charge is -2.05. The van der Waals surface area contributed by atoms with Crippen LogP contribution in [0.5, 0.6) is 11.8 Å². The van der Waals surface area contributed by atoms with Crippen molar-refractivity contribution in [2.75, 3.05) is 0 Å². The highest BCUT2D eigenvalue weighted by atomic mass is 16.6. The van der Waals surface area contributed by atoms with Gasteiger partial charge < -0.3 is 9.84 Å². The van der Waals surface area contributed by atoms with Crippen LogP contribution in [0.25, 0.3) is 0 Å². The van der Waals surface area contributed by atoms with Gasteiger partial charge in [-0.25, -0.2) is 14.8 Å². The van der Waals surface area contributed by atoms with Crippen molar-refractivity contribution in [1.82, 2.24) is 9.97 Å². The van der Waals surface area contributed by atoms with E-state index in [1.54, 1.807) is 13.0 Å². The average molecular weight is 275 g/mol. The Kier molecular flexibility index (Phi) is 3.56. The second kappa shape index (κ2) is 5.31. The first kappa shape index (κ1) is 13.4. The van der Waals surface area contributed by atoms with Gasteiger partial charge in [-0.1, -0.05) is 6.07 Å². The van der Waals surface area contributed by atoms with Gasteiger partial charge in [0.1, 0.15) is 0 Å². The molecule has 1 aromatic carbocycles. The van der Waals surface area contributed by atoms with Crippen LogP contribution in [-0.2, 0) is 0 Å². The molecule has 0 fully saturated rings. The summed E-state index contributed by atoms with van der Waals surface area (Å²) in [6.07, 6.45) is 2.12. The number of nitro groups is 1. The Hall–Kier alpha value is -3.03. The van der Waals surface area contributed by atoms with Crippen LogP contribution in [0.2, 0.25) is 0 Å². The number of carbonyl (C=O) groups is 1. The molecule has 0 aliphatic heterocycles. The summed E-state index contributed by atoms with van der Waals surface area (Å²) >= 11 is 0. The van der Waals surface area contributed by atoms with Gasteiger partial charge in [-0.2, -0.15) is 0 Å². The second-order valence-corrected chi connectivity index (χ2v) is 3.89. The van der Waals surface area contributed by atoms with Gasteiger partial charge in [0, 0.05) is 18.5 Å². The largest absolute Gasteiger partial charge is 0.478 e. The van der Waals surface area contributed by atoms with Crippen molar-refractivity contribution < 1.29 is 19.6 Å². The number of nitro benzene ring substituents is 1. The van der Waals surface area contributed by atoms with Crippen LogP contribution in [0.15, 0.2) is 30.6 Å². The number of hydrogen-bond acceptors (Lipinski definition) is 6. The molecule has 0 bridgehead atoms. The third-order valence-corrected chi connectivity index (χ3v) is 2.39. The summed E-state index contributed by atoms with van der Waals surface area (Å²) < 4.78 is 5.23. The molecule has 1 N–H and O–H groups in total. The molecule has 0 radical (unpaired) electrons. The van der Waals surface area contributed by atoms with E-state index in [1.807, 2.05) is 0 Å². The molecule has 0 saturated heterocycles. The van der Waals surface area contributed by atoms with Gasteiger partial charge in [0.2, 0.25) is 5.75 Å². The topological polar surface area (TPSA) is 115 Å². The van der Waals surface area contributed by atoms with E-state index in [4.69, 9.17) is 9.84 Å². The summed E-state index contributed by atoms with van der Waals surface area (Å²) in [5, 5.41) is 19.6. The van der Waals surface area contributed by atoms with Gasteiger partial charge in [-0.05, 0) is 18.6 Å². The van der Waals surface area contributed by atoms with E-state index in [-0.39, 0.29) is 23.0 Å². The highest BCUT2D eigenvalue weighted by molar-refractivity contribution is 5.86. The standard InChI is InChI=1S/C12H9N3O5/c1-7-2-3-9(15(18)19)10(4-7)20-12-13-5-8(6-14-12)11(16)17/h2-6H,1H3,(H,16,17). The van der Waals surface area contributed by atoms with Crippen LogP contribution in [0.3, 0.4) is 0 Å². The van der Waals surface area contributed by atoms with Crippen LogP contribution in [0.4, 0.5) is 5.69 Å². The molecule has 2 rings (SSSR count). The van der Waals surface area contributed by atoms with E-state index in [0.29, 0.717) is 0 Å². The fourth-order valence-corrected chi connectivity index (χ4v) is 1.43. The number of hydrogen-bond donors (Lipinski definition) is 1. The molecule has 102 valence electrons. The lowest BCUT2D eigenvalue weighted by atomic mass is 10.2. The van der Waals surface area contributed by atoms with Gasteiger partial charge in [0.05, 0.1) is 10.5 Å². The van der Waals surface area contributed by atoms with Crippen molar-refractivity contribution in [3.8, 4) is 11.8 Å². The number of aromatic nitrogens is 2. The first-order valence-electron chi connectivity index (χ1n) is 5.45. The van der Waals surface area contributed by atoms with E-state index >= 15 is 0 Å². The zero-order valence-electron chi connectivity index (χ0n) is 10.3. The molecule has 0 aliphatic rings. The number of rotatable bonds is 4. The summed E-state index contributed by atoms with van der Waals surface area (Å²) in [6.45, 7) is 1.75. The maximum Gasteiger partial charge on any atom is 0.338 e. The number of carboxylic acid groups (broad SMARTS) is 1. The highest BCUT2D eigenvalue weighted by Gasteiger charge is 2.17. The van der Waals surface area contributed by atoms with Gasteiger partial charge >= 0.3 is 17.7 Å². The van der Waals surface area contributed by atoms with E-state index in [9.17, 15) is 14.9 Å². The summed E-state index contributed by atoms with van der Waals surface area (Å²) in [7, 11) is 0. The molecule has 20 heavy (non-hydrogen) atoms. The van der Waals surface area contributed by atoms with E-state index in [1.165, 1.54) is 12.1 Å².